The van der Waals surface area contributed by atoms with Gasteiger partial charge in [-0.15, -0.1) is 11.3 Å². The number of thiazole rings is 1. The zero-order chi connectivity index (χ0) is 13.2. The molecule has 0 aliphatic heterocycles. The number of aromatic nitrogens is 1. The monoisotopic (exact) mass is 273 g/mol. The minimum Gasteiger partial charge on any atom is -0.487 e. The van der Waals surface area contributed by atoms with Crippen molar-refractivity contribution in [2.75, 3.05) is 0 Å². The number of hydrogen-bond acceptors (Lipinski definition) is 4. The Kier molecular flexibility index (Phi) is 3.34. The van der Waals surface area contributed by atoms with Crippen molar-refractivity contribution in [1.82, 2.24) is 4.98 Å². The topological polar surface area (TPSA) is 39.2 Å². The van der Waals surface area contributed by atoms with Crippen molar-refractivity contribution in [1.29, 1.82) is 0 Å². The molecule has 0 radical (unpaired) electrons. The highest BCUT2D eigenvalue weighted by Gasteiger charge is 2.20. The molecule has 0 atom stereocenters. The lowest BCUT2D eigenvalue weighted by atomic mass is 9.90. The summed E-state index contributed by atoms with van der Waals surface area (Å²) in [5, 5.41) is 3.06. The molecule has 1 aliphatic rings. The van der Waals surface area contributed by atoms with Gasteiger partial charge in [0.1, 0.15) is 12.4 Å². The van der Waals surface area contributed by atoms with Crippen molar-refractivity contribution in [3.63, 3.8) is 0 Å². The molecule has 19 heavy (non-hydrogen) atoms. The molecule has 3 nitrogen and oxygen atoms in total. The van der Waals surface area contributed by atoms with E-state index in [0.29, 0.717) is 13.0 Å². The fourth-order valence-corrected chi connectivity index (χ4v) is 3.00. The summed E-state index contributed by atoms with van der Waals surface area (Å²) in [6.45, 7) is 2.45. The van der Waals surface area contributed by atoms with Crippen LogP contribution in [0.3, 0.4) is 0 Å². The number of nitrogens with zero attached hydrogens (tertiary/aromatic N) is 1. The van der Waals surface area contributed by atoms with Gasteiger partial charge in [0.2, 0.25) is 0 Å². The third kappa shape index (κ3) is 2.54. The number of ether oxygens (including phenoxy) is 1. The molecule has 1 heterocycles. The molecule has 0 saturated heterocycles. The van der Waals surface area contributed by atoms with Crippen LogP contribution in [0.25, 0.3) is 0 Å². The minimum absolute atomic E-state index is 0.233. The van der Waals surface area contributed by atoms with Crippen molar-refractivity contribution in [3.8, 4) is 5.75 Å². The van der Waals surface area contributed by atoms with E-state index in [0.717, 1.165) is 40.4 Å². The Hall–Kier alpha value is -1.68. The van der Waals surface area contributed by atoms with Crippen LogP contribution in [-0.4, -0.2) is 10.8 Å². The summed E-state index contributed by atoms with van der Waals surface area (Å²) in [6.07, 6.45) is 2.50. The average molecular weight is 273 g/mol. The molecule has 1 aromatic heterocycles. The van der Waals surface area contributed by atoms with E-state index in [9.17, 15) is 4.79 Å². The Morgan fingerprint density at radius 1 is 1.37 bits per heavy atom. The van der Waals surface area contributed by atoms with Crippen LogP contribution < -0.4 is 4.74 Å². The molecule has 98 valence electrons. The van der Waals surface area contributed by atoms with Gasteiger partial charge in [-0.2, -0.15) is 0 Å². The van der Waals surface area contributed by atoms with Gasteiger partial charge in [-0.3, -0.25) is 4.79 Å². The van der Waals surface area contributed by atoms with Gasteiger partial charge >= 0.3 is 0 Å². The van der Waals surface area contributed by atoms with Gasteiger partial charge in [0.05, 0.1) is 10.7 Å². The zero-order valence-corrected chi connectivity index (χ0v) is 11.6. The maximum atomic E-state index is 11.8. The first-order chi connectivity index (χ1) is 9.24. The summed E-state index contributed by atoms with van der Waals surface area (Å²) in [5.41, 5.74) is 2.84. The van der Waals surface area contributed by atoms with E-state index in [-0.39, 0.29) is 5.78 Å². The van der Waals surface area contributed by atoms with E-state index >= 15 is 0 Å². The van der Waals surface area contributed by atoms with Crippen molar-refractivity contribution >= 4 is 17.1 Å². The second kappa shape index (κ2) is 5.13. The smallest absolute Gasteiger partial charge is 0.163 e. The van der Waals surface area contributed by atoms with E-state index in [1.165, 1.54) is 0 Å². The number of fused-ring (bicyclic) bond motifs is 1. The highest BCUT2D eigenvalue weighted by Crippen LogP contribution is 2.30. The van der Waals surface area contributed by atoms with Crippen LogP contribution in [0.2, 0.25) is 0 Å². The number of carbonyl (C=O) groups is 1. The number of aryl methyl sites for hydroxylation is 1. The zero-order valence-electron chi connectivity index (χ0n) is 10.8. The van der Waals surface area contributed by atoms with Crippen LogP contribution in [0.4, 0.5) is 0 Å². The number of hydrogen-bond donors (Lipinski definition) is 0. The lowest BCUT2D eigenvalue weighted by molar-refractivity contribution is 0.0971. The Labute approximate surface area is 116 Å². The van der Waals surface area contributed by atoms with Crippen LogP contribution in [0, 0.1) is 6.92 Å². The van der Waals surface area contributed by atoms with Gasteiger partial charge in [-0.1, -0.05) is 12.1 Å². The summed E-state index contributed by atoms with van der Waals surface area (Å²) < 4.78 is 5.84. The van der Waals surface area contributed by atoms with Crippen LogP contribution in [-0.2, 0) is 13.0 Å². The average Bonchev–Trinajstić information content (AvgIpc) is 2.83. The summed E-state index contributed by atoms with van der Waals surface area (Å²) >= 11 is 1.62. The quantitative estimate of drug-likeness (QED) is 0.858. The SMILES string of the molecule is Cc1nc(COc2cccc3c2CCCC3=O)cs1. The second-order valence-electron chi connectivity index (χ2n) is 4.71. The van der Waals surface area contributed by atoms with Gasteiger partial charge in [0.15, 0.2) is 5.78 Å². The molecule has 0 amide bonds. The molecule has 0 bridgehead atoms. The van der Waals surface area contributed by atoms with Crippen molar-refractivity contribution < 1.29 is 9.53 Å². The number of benzene rings is 1. The normalized spacial score (nSPS) is 14.3. The second-order valence-corrected chi connectivity index (χ2v) is 5.77. The largest absolute Gasteiger partial charge is 0.487 e. The van der Waals surface area contributed by atoms with Gasteiger partial charge in [0.25, 0.3) is 0 Å². The molecule has 0 unspecified atom stereocenters. The Morgan fingerprint density at radius 2 is 2.26 bits per heavy atom. The van der Waals surface area contributed by atoms with Gasteiger partial charge in [-0.05, 0) is 25.8 Å². The fraction of sp³-hybridized carbons (Fsp3) is 0.333. The van der Waals surface area contributed by atoms with Crippen LogP contribution in [0.5, 0.6) is 5.75 Å². The summed E-state index contributed by atoms with van der Waals surface area (Å²) in [5.74, 6) is 1.06. The van der Waals surface area contributed by atoms with Crippen molar-refractivity contribution in [2.24, 2.45) is 0 Å². The summed E-state index contributed by atoms with van der Waals surface area (Å²) in [7, 11) is 0. The van der Waals surface area contributed by atoms with Gasteiger partial charge in [0, 0.05) is 22.9 Å². The maximum Gasteiger partial charge on any atom is 0.163 e. The molecule has 4 heteroatoms. The Bertz CT molecular complexity index is 618. The first-order valence-corrected chi connectivity index (χ1v) is 7.31. The molecule has 0 saturated carbocycles. The molecular weight excluding hydrogens is 258 g/mol. The fourth-order valence-electron chi connectivity index (χ4n) is 2.41. The number of ketones is 1. The standard InChI is InChI=1S/C15H15NO2S/c1-10-16-11(9-19-10)8-18-15-7-3-4-12-13(15)5-2-6-14(12)17/h3-4,7,9H,2,5-6,8H2,1H3. The van der Waals surface area contributed by atoms with E-state index in [4.69, 9.17) is 4.74 Å². The van der Waals surface area contributed by atoms with Crippen molar-refractivity contribution in [2.45, 2.75) is 32.8 Å². The molecule has 0 fully saturated rings. The number of rotatable bonds is 3. The predicted molar refractivity (Wildman–Crippen MR) is 74.9 cm³/mol. The van der Waals surface area contributed by atoms with Gasteiger partial charge < -0.3 is 4.74 Å². The molecule has 2 aromatic rings. The first kappa shape index (κ1) is 12.4. The Balaban J connectivity index is 1.81. The Morgan fingerprint density at radius 3 is 3.05 bits per heavy atom. The lowest BCUT2D eigenvalue weighted by Crippen LogP contribution is -2.12. The maximum absolute atomic E-state index is 11.8. The molecule has 0 spiro atoms. The van der Waals surface area contributed by atoms with Crippen molar-refractivity contribution in [3.05, 3.63) is 45.4 Å². The van der Waals surface area contributed by atoms with Crippen LogP contribution in [0.15, 0.2) is 23.6 Å². The summed E-state index contributed by atoms with van der Waals surface area (Å²) in [6, 6.07) is 5.73. The van der Waals surface area contributed by atoms with E-state index in [1.807, 2.05) is 30.5 Å². The third-order valence-electron chi connectivity index (χ3n) is 3.31. The minimum atomic E-state index is 0.233. The highest BCUT2D eigenvalue weighted by molar-refractivity contribution is 7.09. The molecule has 0 N–H and O–H groups in total. The predicted octanol–water partition coefficient (Wildman–Crippen LogP) is 3.55. The highest BCUT2D eigenvalue weighted by atomic mass is 32.1. The first-order valence-electron chi connectivity index (χ1n) is 6.43. The molecule has 1 aliphatic carbocycles. The third-order valence-corrected chi connectivity index (χ3v) is 4.13. The molecule has 1 aromatic carbocycles. The van der Waals surface area contributed by atoms with Gasteiger partial charge in [-0.25, -0.2) is 4.98 Å². The van der Waals surface area contributed by atoms with Crippen LogP contribution in [0.1, 0.15) is 39.5 Å². The number of Topliss-reactive ketones (excluding diaryl/α,β-unsaturated/α-hetero) is 1. The molecular formula is C15H15NO2S. The molecule has 3 rings (SSSR count). The van der Waals surface area contributed by atoms with E-state index < -0.39 is 0 Å². The summed E-state index contributed by atoms with van der Waals surface area (Å²) in [4.78, 5) is 16.2. The van der Waals surface area contributed by atoms with E-state index in [1.54, 1.807) is 11.3 Å². The van der Waals surface area contributed by atoms with E-state index in [2.05, 4.69) is 4.98 Å². The number of carbonyl (C=O) groups excluding carboxylic acids is 1. The van der Waals surface area contributed by atoms with Crippen LogP contribution >= 0.6 is 11.3 Å². The lowest BCUT2D eigenvalue weighted by Gasteiger charge is -2.18.